The first-order valence-electron chi connectivity index (χ1n) is 8.11. The number of methoxy groups -OCH3 is 1. The summed E-state index contributed by atoms with van der Waals surface area (Å²) in [6.45, 7) is 0. The van der Waals surface area contributed by atoms with Crippen LogP contribution in [0.15, 0.2) is 24.3 Å². The second-order valence-corrected chi connectivity index (χ2v) is 6.49. The van der Waals surface area contributed by atoms with E-state index in [0.29, 0.717) is 6.04 Å². The molecule has 1 aromatic carbocycles. The van der Waals surface area contributed by atoms with E-state index < -0.39 is 0 Å². The van der Waals surface area contributed by atoms with Gasteiger partial charge in [0.15, 0.2) is 0 Å². The molecule has 1 atom stereocenters. The summed E-state index contributed by atoms with van der Waals surface area (Å²) in [5.41, 5.74) is 2.89. The summed E-state index contributed by atoms with van der Waals surface area (Å²) in [4.78, 5) is 0. The highest BCUT2D eigenvalue weighted by Crippen LogP contribution is 2.43. The van der Waals surface area contributed by atoms with Crippen LogP contribution in [-0.4, -0.2) is 19.8 Å². The van der Waals surface area contributed by atoms with E-state index in [-0.39, 0.29) is 5.60 Å². The van der Waals surface area contributed by atoms with Gasteiger partial charge in [-0.3, -0.25) is 0 Å². The second-order valence-electron chi connectivity index (χ2n) is 6.49. The Morgan fingerprint density at radius 2 is 1.75 bits per heavy atom. The van der Waals surface area contributed by atoms with Crippen molar-refractivity contribution in [3.8, 4) is 0 Å². The van der Waals surface area contributed by atoms with Crippen LogP contribution < -0.4 is 5.32 Å². The standard InChI is InChI=1S/C18H27NO/c1-19-17(18(20-2)12-3-4-13-18)16-10-8-15(9-11-16)14-6-5-7-14/h8-11,14,17,19H,3-7,12-13H2,1-2H3. The number of benzene rings is 1. The van der Waals surface area contributed by atoms with Crippen LogP contribution >= 0.6 is 0 Å². The third-order valence-electron chi connectivity index (χ3n) is 5.52. The molecule has 2 fully saturated rings. The molecule has 0 amide bonds. The maximum absolute atomic E-state index is 5.95. The molecule has 2 nitrogen and oxygen atoms in total. The van der Waals surface area contributed by atoms with Gasteiger partial charge >= 0.3 is 0 Å². The minimum atomic E-state index is -0.00721. The molecule has 3 rings (SSSR count). The zero-order valence-corrected chi connectivity index (χ0v) is 12.8. The van der Waals surface area contributed by atoms with Gasteiger partial charge in [-0.25, -0.2) is 0 Å². The fourth-order valence-electron chi connectivity index (χ4n) is 4.02. The highest BCUT2D eigenvalue weighted by atomic mass is 16.5. The topological polar surface area (TPSA) is 21.3 Å². The maximum Gasteiger partial charge on any atom is 0.0872 e. The first kappa shape index (κ1) is 14.1. The van der Waals surface area contributed by atoms with Crippen LogP contribution in [0, 0.1) is 0 Å². The van der Waals surface area contributed by atoms with Gasteiger partial charge in [-0.05, 0) is 49.8 Å². The lowest BCUT2D eigenvalue weighted by molar-refractivity contribution is -0.0349. The Labute approximate surface area is 122 Å². The van der Waals surface area contributed by atoms with E-state index in [0.717, 1.165) is 5.92 Å². The molecule has 2 aliphatic carbocycles. The molecular formula is C18H27NO. The lowest BCUT2D eigenvalue weighted by Crippen LogP contribution is -2.42. The Kier molecular flexibility index (Phi) is 4.13. The zero-order chi connectivity index (χ0) is 14.0. The molecule has 0 saturated heterocycles. The molecule has 2 aliphatic rings. The van der Waals surface area contributed by atoms with Crippen LogP contribution in [0.3, 0.4) is 0 Å². The summed E-state index contributed by atoms with van der Waals surface area (Å²) < 4.78 is 5.95. The number of hydrogen-bond donors (Lipinski definition) is 1. The lowest BCUT2D eigenvalue weighted by Gasteiger charge is -2.37. The minimum absolute atomic E-state index is 0.00721. The molecule has 1 unspecified atom stereocenters. The van der Waals surface area contributed by atoms with Crippen molar-refractivity contribution in [2.75, 3.05) is 14.2 Å². The molecule has 20 heavy (non-hydrogen) atoms. The molecule has 0 spiro atoms. The van der Waals surface area contributed by atoms with Crippen molar-refractivity contribution in [1.82, 2.24) is 5.32 Å². The van der Waals surface area contributed by atoms with Gasteiger partial charge in [0.25, 0.3) is 0 Å². The minimum Gasteiger partial charge on any atom is -0.376 e. The predicted octanol–water partition coefficient (Wildman–Crippen LogP) is 4.17. The van der Waals surface area contributed by atoms with E-state index in [9.17, 15) is 0 Å². The van der Waals surface area contributed by atoms with Gasteiger partial charge in [-0.1, -0.05) is 43.5 Å². The normalized spacial score (nSPS) is 23.5. The van der Waals surface area contributed by atoms with Crippen LogP contribution in [0.25, 0.3) is 0 Å². The Morgan fingerprint density at radius 1 is 1.10 bits per heavy atom. The van der Waals surface area contributed by atoms with Crippen molar-refractivity contribution in [2.24, 2.45) is 0 Å². The summed E-state index contributed by atoms with van der Waals surface area (Å²) in [6.07, 6.45) is 9.04. The molecule has 0 aromatic heterocycles. The fourth-order valence-corrected chi connectivity index (χ4v) is 4.02. The average Bonchev–Trinajstić information content (AvgIpc) is 2.89. The SMILES string of the molecule is CNC(c1ccc(C2CCC2)cc1)C1(OC)CCCC1. The van der Waals surface area contributed by atoms with E-state index >= 15 is 0 Å². The van der Waals surface area contributed by atoms with Gasteiger partial charge in [0.1, 0.15) is 0 Å². The van der Waals surface area contributed by atoms with Crippen molar-refractivity contribution in [1.29, 1.82) is 0 Å². The van der Waals surface area contributed by atoms with Crippen LogP contribution in [0.1, 0.15) is 68.0 Å². The molecule has 110 valence electrons. The number of likely N-dealkylation sites (N-methyl/N-ethyl adjacent to an activating group) is 1. The molecule has 0 heterocycles. The van der Waals surface area contributed by atoms with Gasteiger partial charge in [-0.2, -0.15) is 0 Å². The Balaban J connectivity index is 1.81. The predicted molar refractivity (Wildman–Crippen MR) is 83.0 cm³/mol. The van der Waals surface area contributed by atoms with Crippen LogP contribution in [0.4, 0.5) is 0 Å². The zero-order valence-electron chi connectivity index (χ0n) is 12.8. The summed E-state index contributed by atoms with van der Waals surface area (Å²) in [7, 11) is 3.93. The van der Waals surface area contributed by atoms with Gasteiger partial charge < -0.3 is 10.1 Å². The maximum atomic E-state index is 5.95. The van der Waals surface area contributed by atoms with Gasteiger partial charge in [0, 0.05) is 7.11 Å². The Morgan fingerprint density at radius 3 is 2.20 bits per heavy atom. The quantitative estimate of drug-likeness (QED) is 0.869. The van der Waals surface area contributed by atoms with Crippen molar-refractivity contribution in [2.45, 2.75) is 62.5 Å². The summed E-state index contributed by atoms with van der Waals surface area (Å²) in [5.74, 6) is 0.819. The van der Waals surface area contributed by atoms with Crippen molar-refractivity contribution >= 4 is 0 Å². The fraction of sp³-hybridized carbons (Fsp3) is 0.667. The third-order valence-corrected chi connectivity index (χ3v) is 5.52. The van der Waals surface area contributed by atoms with Crippen LogP contribution in [-0.2, 0) is 4.74 Å². The molecule has 2 heteroatoms. The van der Waals surface area contributed by atoms with Gasteiger partial charge in [0.2, 0.25) is 0 Å². The largest absolute Gasteiger partial charge is 0.376 e. The van der Waals surface area contributed by atoms with E-state index in [1.54, 1.807) is 0 Å². The van der Waals surface area contributed by atoms with E-state index in [1.807, 2.05) is 7.11 Å². The summed E-state index contributed by atoms with van der Waals surface area (Å²) in [5, 5.41) is 3.50. The molecule has 2 saturated carbocycles. The van der Waals surface area contributed by atoms with Crippen molar-refractivity contribution in [3.63, 3.8) is 0 Å². The number of hydrogen-bond acceptors (Lipinski definition) is 2. The first-order valence-corrected chi connectivity index (χ1v) is 8.11. The first-order chi connectivity index (χ1) is 9.79. The summed E-state index contributed by atoms with van der Waals surface area (Å²) >= 11 is 0. The van der Waals surface area contributed by atoms with Gasteiger partial charge in [0.05, 0.1) is 11.6 Å². The third kappa shape index (κ3) is 2.40. The van der Waals surface area contributed by atoms with Gasteiger partial charge in [-0.15, -0.1) is 0 Å². The molecule has 1 aromatic rings. The molecule has 1 N–H and O–H groups in total. The number of ether oxygens (including phenoxy) is 1. The highest BCUT2D eigenvalue weighted by Gasteiger charge is 2.41. The Bertz CT molecular complexity index is 429. The molecule has 0 bridgehead atoms. The van der Waals surface area contributed by atoms with Crippen molar-refractivity contribution < 1.29 is 4.74 Å². The highest BCUT2D eigenvalue weighted by molar-refractivity contribution is 5.30. The monoisotopic (exact) mass is 273 g/mol. The van der Waals surface area contributed by atoms with Crippen molar-refractivity contribution in [3.05, 3.63) is 35.4 Å². The second kappa shape index (κ2) is 5.87. The van der Waals surface area contributed by atoms with E-state index in [2.05, 4.69) is 36.6 Å². The van der Waals surface area contributed by atoms with Crippen LogP contribution in [0.5, 0.6) is 0 Å². The van der Waals surface area contributed by atoms with E-state index in [4.69, 9.17) is 4.74 Å². The smallest absolute Gasteiger partial charge is 0.0872 e. The number of rotatable bonds is 5. The summed E-state index contributed by atoms with van der Waals surface area (Å²) in [6, 6.07) is 9.61. The Hall–Kier alpha value is -0.860. The molecular weight excluding hydrogens is 246 g/mol. The molecule has 0 aliphatic heterocycles. The van der Waals surface area contributed by atoms with E-state index in [1.165, 1.54) is 56.1 Å². The number of nitrogens with one attached hydrogen (secondary N) is 1. The van der Waals surface area contributed by atoms with Crippen LogP contribution in [0.2, 0.25) is 0 Å². The average molecular weight is 273 g/mol. The lowest BCUT2D eigenvalue weighted by atomic mass is 9.79. The molecule has 0 radical (unpaired) electrons.